The van der Waals surface area contributed by atoms with Crippen LogP contribution in [0, 0.1) is 16.7 Å². The van der Waals surface area contributed by atoms with Crippen molar-refractivity contribution in [1.29, 1.82) is 5.26 Å². The van der Waals surface area contributed by atoms with Gasteiger partial charge in [-0.3, -0.25) is 4.79 Å². The van der Waals surface area contributed by atoms with Crippen LogP contribution in [0.15, 0.2) is 24.3 Å². The molecule has 1 aromatic rings. The van der Waals surface area contributed by atoms with Crippen LogP contribution in [0.25, 0.3) is 0 Å². The molecule has 0 aliphatic carbocycles. The van der Waals surface area contributed by atoms with Crippen LogP contribution in [-0.2, 0) is 10.3 Å². The Bertz CT molecular complexity index is 668. The van der Waals surface area contributed by atoms with E-state index in [9.17, 15) is 14.4 Å². The van der Waals surface area contributed by atoms with Crippen LogP contribution >= 0.6 is 0 Å². The molecule has 6 heteroatoms. The number of carbonyl (C=O) groups is 1. The Morgan fingerprint density at radius 2 is 2.04 bits per heavy atom. The van der Waals surface area contributed by atoms with Gasteiger partial charge in [0.1, 0.15) is 23.5 Å². The van der Waals surface area contributed by atoms with E-state index in [0.29, 0.717) is 17.7 Å². The first-order valence-corrected chi connectivity index (χ1v) is 8.49. The Morgan fingerprint density at radius 3 is 2.52 bits per heavy atom. The zero-order valence-electron chi connectivity index (χ0n) is 15.3. The first-order valence-electron chi connectivity index (χ1n) is 8.49. The number of methoxy groups -OCH3 is 1. The van der Waals surface area contributed by atoms with Crippen LogP contribution in [0.4, 0.5) is 4.39 Å². The van der Waals surface area contributed by atoms with Crippen molar-refractivity contribution in [3.63, 3.8) is 0 Å². The summed E-state index contributed by atoms with van der Waals surface area (Å²) < 4.78 is 19.0. The zero-order chi connectivity index (χ0) is 18.8. The van der Waals surface area contributed by atoms with Crippen LogP contribution < -0.4 is 10.5 Å². The van der Waals surface area contributed by atoms with Gasteiger partial charge < -0.3 is 15.4 Å². The number of benzene rings is 1. The predicted octanol–water partition coefficient (Wildman–Crippen LogP) is 2.75. The van der Waals surface area contributed by atoms with Crippen LogP contribution in [0.3, 0.4) is 0 Å². The topological polar surface area (TPSA) is 79.4 Å². The van der Waals surface area contributed by atoms with Gasteiger partial charge in [-0.25, -0.2) is 4.39 Å². The number of likely N-dealkylation sites (tertiary alicyclic amines) is 1. The third-order valence-electron chi connectivity index (χ3n) is 5.49. The van der Waals surface area contributed by atoms with E-state index in [1.165, 1.54) is 4.90 Å². The molecule has 0 saturated carbocycles. The van der Waals surface area contributed by atoms with Gasteiger partial charge in [-0.05, 0) is 29.5 Å². The quantitative estimate of drug-likeness (QED) is 0.888. The van der Waals surface area contributed by atoms with E-state index in [-0.39, 0.29) is 13.0 Å². The number of nitriles is 1. The van der Waals surface area contributed by atoms with Crippen molar-refractivity contribution in [3.05, 3.63) is 29.8 Å². The Kier molecular flexibility index (Phi) is 5.38. The summed E-state index contributed by atoms with van der Waals surface area (Å²) >= 11 is 0. The van der Waals surface area contributed by atoms with E-state index in [4.69, 9.17) is 10.5 Å². The molecule has 1 fully saturated rings. The molecule has 3 atom stereocenters. The third kappa shape index (κ3) is 3.21. The number of alkyl halides is 1. The van der Waals surface area contributed by atoms with Gasteiger partial charge in [0.2, 0.25) is 5.91 Å². The molecule has 2 N–H and O–H groups in total. The fraction of sp³-hybridized carbons (Fsp3) is 0.579. The largest absolute Gasteiger partial charge is 0.497 e. The Labute approximate surface area is 148 Å². The first-order chi connectivity index (χ1) is 11.7. The maximum absolute atomic E-state index is 13.8. The van der Waals surface area contributed by atoms with E-state index >= 15 is 0 Å². The number of hydrogen-bond donors (Lipinski definition) is 1. The molecule has 0 aromatic heterocycles. The number of rotatable bonds is 5. The number of nitrogens with zero attached hydrogens (tertiary/aromatic N) is 2. The van der Waals surface area contributed by atoms with Crippen LogP contribution in [0.2, 0.25) is 0 Å². The molecule has 2 rings (SSSR count). The molecule has 0 spiro atoms. The van der Waals surface area contributed by atoms with Gasteiger partial charge >= 0.3 is 0 Å². The highest BCUT2D eigenvalue weighted by Crippen LogP contribution is 2.43. The average molecular weight is 347 g/mol. The standard InChI is InChI=1S/C19H26FN3O2/c1-5-18(2,3)19(22,13-6-8-16(25-4)9-7-13)17(24)23-12-14(20)10-15(23)11-21/h6-9,14-15H,5,10,12,22H2,1-4H3. The van der Waals surface area contributed by atoms with Crippen molar-refractivity contribution >= 4 is 5.91 Å². The maximum atomic E-state index is 13.8. The summed E-state index contributed by atoms with van der Waals surface area (Å²) in [7, 11) is 1.56. The smallest absolute Gasteiger partial charge is 0.248 e. The van der Waals surface area contributed by atoms with Crippen molar-refractivity contribution in [2.45, 2.75) is 51.4 Å². The van der Waals surface area contributed by atoms with Crippen LogP contribution in [0.5, 0.6) is 5.75 Å². The number of hydrogen-bond acceptors (Lipinski definition) is 4. The number of carbonyl (C=O) groups excluding carboxylic acids is 1. The lowest BCUT2D eigenvalue weighted by molar-refractivity contribution is -0.142. The van der Waals surface area contributed by atoms with Gasteiger partial charge in [-0.15, -0.1) is 0 Å². The van der Waals surface area contributed by atoms with Gasteiger partial charge in [0.15, 0.2) is 0 Å². The minimum absolute atomic E-state index is 0.0352. The lowest BCUT2D eigenvalue weighted by Crippen LogP contribution is -2.61. The maximum Gasteiger partial charge on any atom is 0.248 e. The molecule has 3 unspecified atom stereocenters. The van der Waals surface area contributed by atoms with Gasteiger partial charge in [0.25, 0.3) is 0 Å². The molecule has 1 aliphatic rings. The lowest BCUT2D eigenvalue weighted by Gasteiger charge is -2.45. The van der Waals surface area contributed by atoms with E-state index in [1.54, 1.807) is 31.4 Å². The van der Waals surface area contributed by atoms with E-state index in [0.717, 1.165) is 0 Å². The highest BCUT2D eigenvalue weighted by molar-refractivity contribution is 5.89. The summed E-state index contributed by atoms with van der Waals surface area (Å²) in [5.41, 5.74) is 5.39. The Balaban J connectivity index is 2.52. The number of amides is 1. The summed E-state index contributed by atoms with van der Waals surface area (Å²) in [5.74, 6) is 0.254. The Morgan fingerprint density at radius 1 is 1.44 bits per heavy atom. The van der Waals surface area contributed by atoms with E-state index < -0.39 is 29.1 Å². The van der Waals surface area contributed by atoms with Gasteiger partial charge in [-0.1, -0.05) is 32.9 Å². The summed E-state index contributed by atoms with van der Waals surface area (Å²) in [6.45, 7) is 5.70. The molecular weight excluding hydrogens is 321 g/mol. The van der Waals surface area contributed by atoms with Gasteiger partial charge in [0, 0.05) is 6.42 Å². The van der Waals surface area contributed by atoms with Crippen molar-refractivity contribution in [2.24, 2.45) is 11.1 Å². The third-order valence-corrected chi connectivity index (χ3v) is 5.49. The molecule has 1 heterocycles. The molecule has 1 aromatic carbocycles. The molecule has 1 amide bonds. The van der Waals surface area contributed by atoms with Gasteiger partial charge in [-0.2, -0.15) is 5.26 Å². The average Bonchev–Trinajstić information content (AvgIpc) is 3.01. The summed E-state index contributed by atoms with van der Waals surface area (Å²) in [6.07, 6.45) is -0.516. The minimum Gasteiger partial charge on any atom is -0.497 e. The zero-order valence-corrected chi connectivity index (χ0v) is 15.3. The van der Waals surface area contributed by atoms with Crippen molar-refractivity contribution in [1.82, 2.24) is 4.90 Å². The first kappa shape index (κ1) is 19.2. The SMILES string of the molecule is CCC(C)(C)C(N)(C(=O)N1CC(F)CC1C#N)c1ccc(OC)cc1. The second-order valence-electron chi connectivity index (χ2n) is 7.21. The predicted molar refractivity (Wildman–Crippen MR) is 93.6 cm³/mol. The van der Waals surface area contributed by atoms with Crippen LogP contribution in [-0.4, -0.2) is 36.7 Å². The fourth-order valence-corrected chi connectivity index (χ4v) is 3.29. The molecule has 5 nitrogen and oxygen atoms in total. The molecule has 25 heavy (non-hydrogen) atoms. The molecular formula is C19H26FN3O2. The second-order valence-corrected chi connectivity index (χ2v) is 7.21. The molecule has 136 valence electrons. The molecule has 1 saturated heterocycles. The number of halogens is 1. The van der Waals surface area contributed by atoms with E-state index in [2.05, 4.69) is 0 Å². The normalized spacial score (nSPS) is 23.0. The number of ether oxygens (including phenoxy) is 1. The minimum atomic E-state index is -1.37. The lowest BCUT2D eigenvalue weighted by atomic mass is 9.66. The summed E-state index contributed by atoms with van der Waals surface area (Å²) in [6, 6.07) is 8.27. The van der Waals surface area contributed by atoms with E-state index in [1.807, 2.05) is 26.8 Å². The van der Waals surface area contributed by atoms with Crippen molar-refractivity contribution in [2.75, 3.05) is 13.7 Å². The summed E-state index contributed by atoms with van der Waals surface area (Å²) in [4.78, 5) is 14.7. The van der Waals surface area contributed by atoms with Crippen molar-refractivity contribution < 1.29 is 13.9 Å². The molecule has 0 radical (unpaired) electrons. The van der Waals surface area contributed by atoms with Gasteiger partial charge in [0.05, 0.1) is 19.7 Å². The number of nitrogens with two attached hydrogens (primary N) is 1. The highest BCUT2D eigenvalue weighted by atomic mass is 19.1. The molecule has 0 bridgehead atoms. The fourth-order valence-electron chi connectivity index (χ4n) is 3.29. The monoisotopic (exact) mass is 347 g/mol. The highest BCUT2D eigenvalue weighted by Gasteiger charge is 2.52. The summed E-state index contributed by atoms with van der Waals surface area (Å²) in [5, 5.41) is 9.30. The van der Waals surface area contributed by atoms with Crippen LogP contribution in [0.1, 0.15) is 39.2 Å². The Hall–Kier alpha value is -2.13. The molecule has 1 aliphatic heterocycles. The van der Waals surface area contributed by atoms with Crippen molar-refractivity contribution in [3.8, 4) is 11.8 Å². The second kappa shape index (κ2) is 7.01.